The van der Waals surface area contributed by atoms with Gasteiger partial charge in [0.25, 0.3) is 0 Å². The summed E-state index contributed by atoms with van der Waals surface area (Å²) in [4.78, 5) is 12.2. The van der Waals surface area contributed by atoms with Crippen LogP contribution in [-0.2, 0) is 9.53 Å². The summed E-state index contributed by atoms with van der Waals surface area (Å²) in [6.07, 6.45) is 0. The maximum Gasteiger partial charge on any atom is 0.337 e. The van der Waals surface area contributed by atoms with E-state index in [-0.39, 0.29) is 17.5 Å². The van der Waals surface area contributed by atoms with E-state index in [0.717, 1.165) is 15.7 Å². The monoisotopic (exact) mass is 356 g/mol. The first-order valence-corrected chi connectivity index (χ1v) is 7.68. The fourth-order valence-electron chi connectivity index (χ4n) is 2.18. The molecule has 2 N–H and O–H groups in total. The lowest BCUT2D eigenvalue weighted by atomic mass is 9.96. The summed E-state index contributed by atoms with van der Waals surface area (Å²) in [6, 6.07) is 7.61. The summed E-state index contributed by atoms with van der Waals surface area (Å²) in [5, 5.41) is 6.35. The average molecular weight is 357 g/mol. The van der Waals surface area contributed by atoms with Crippen LogP contribution in [0.15, 0.2) is 40.0 Å². The van der Waals surface area contributed by atoms with Crippen LogP contribution in [0.2, 0.25) is 0 Å². The highest BCUT2D eigenvalue weighted by Crippen LogP contribution is 2.29. The maximum absolute atomic E-state index is 12.2. The van der Waals surface area contributed by atoms with Gasteiger partial charge in [0.15, 0.2) is 0 Å². The van der Waals surface area contributed by atoms with E-state index >= 15 is 0 Å². The van der Waals surface area contributed by atoms with Gasteiger partial charge in [-0.05, 0) is 31.5 Å². The van der Waals surface area contributed by atoms with E-state index in [1.54, 1.807) is 6.92 Å². The second-order valence-electron chi connectivity index (χ2n) is 4.46. The Labute approximate surface area is 132 Å². The van der Waals surface area contributed by atoms with Gasteiger partial charge in [-0.15, -0.1) is 12.6 Å². The Morgan fingerprint density at radius 3 is 2.65 bits per heavy atom. The summed E-state index contributed by atoms with van der Waals surface area (Å²) in [6.45, 7) is 4.02. The van der Waals surface area contributed by atoms with Crippen LogP contribution >= 0.6 is 28.6 Å². The molecule has 1 heterocycles. The molecule has 108 valence electrons. The summed E-state index contributed by atoms with van der Waals surface area (Å²) in [5.74, 6) is -0.307. The highest BCUT2D eigenvalue weighted by Gasteiger charge is 2.31. The molecular formula is C14H17BrN2O2S. The van der Waals surface area contributed by atoms with Crippen molar-refractivity contribution >= 4 is 34.5 Å². The van der Waals surface area contributed by atoms with E-state index in [2.05, 4.69) is 39.2 Å². The van der Waals surface area contributed by atoms with Crippen LogP contribution in [0.1, 0.15) is 25.5 Å². The zero-order valence-corrected chi connectivity index (χ0v) is 13.8. The predicted molar refractivity (Wildman–Crippen MR) is 85.3 cm³/mol. The van der Waals surface area contributed by atoms with Crippen LogP contribution in [0.3, 0.4) is 0 Å². The molecule has 0 bridgehead atoms. The molecule has 1 aliphatic rings. The first-order chi connectivity index (χ1) is 9.52. The molecule has 0 radical (unpaired) electrons. The van der Waals surface area contributed by atoms with E-state index in [9.17, 15) is 4.79 Å². The van der Waals surface area contributed by atoms with Gasteiger partial charge in [-0.1, -0.05) is 28.1 Å². The molecule has 1 aromatic rings. The zero-order valence-electron chi connectivity index (χ0n) is 11.3. The van der Waals surface area contributed by atoms with Crippen molar-refractivity contribution in [1.29, 1.82) is 0 Å². The molecule has 0 amide bonds. The molecule has 1 aliphatic heterocycles. The van der Waals surface area contributed by atoms with Gasteiger partial charge in [-0.25, -0.2) is 4.79 Å². The Hall–Kier alpha value is -0.980. The summed E-state index contributed by atoms with van der Waals surface area (Å²) >= 11 is 7.80. The van der Waals surface area contributed by atoms with Gasteiger partial charge >= 0.3 is 5.97 Å². The quantitative estimate of drug-likeness (QED) is 0.575. The molecule has 0 aliphatic carbocycles. The van der Waals surface area contributed by atoms with Crippen molar-refractivity contribution in [3.8, 4) is 0 Å². The van der Waals surface area contributed by atoms with Crippen molar-refractivity contribution in [2.24, 2.45) is 0 Å². The molecule has 2 atom stereocenters. The first kappa shape index (κ1) is 15.4. The summed E-state index contributed by atoms with van der Waals surface area (Å²) in [7, 11) is 0. The van der Waals surface area contributed by atoms with Gasteiger partial charge in [0.1, 0.15) is 5.50 Å². The SMILES string of the molecule is CCOC(=O)C1=C(C)NC(S)NC1c1ccc(Br)cc1. The van der Waals surface area contributed by atoms with E-state index in [1.807, 2.05) is 31.2 Å². The van der Waals surface area contributed by atoms with E-state index < -0.39 is 0 Å². The molecule has 0 saturated carbocycles. The van der Waals surface area contributed by atoms with Crippen molar-refractivity contribution in [1.82, 2.24) is 10.6 Å². The minimum atomic E-state index is -0.307. The Kier molecular flexibility index (Phi) is 5.12. The summed E-state index contributed by atoms with van der Waals surface area (Å²) < 4.78 is 6.15. The second-order valence-corrected chi connectivity index (χ2v) is 5.89. The Balaban J connectivity index is 2.39. The first-order valence-electron chi connectivity index (χ1n) is 6.37. The molecule has 2 unspecified atom stereocenters. The predicted octanol–water partition coefficient (Wildman–Crippen LogP) is 2.73. The maximum atomic E-state index is 12.2. The molecule has 4 nitrogen and oxygen atoms in total. The van der Waals surface area contributed by atoms with Crippen molar-refractivity contribution in [3.63, 3.8) is 0 Å². The molecule has 6 heteroatoms. The normalized spacial score (nSPS) is 22.4. The lowest BCUT2D eigenvalue weighted by Gasteiger charge is -2.32. The molecule has 2 rings (SSSR count). The Bertz CT molecular complexity index is 530. The number of hydrogen-bond donors (Lipinski definition) is 3. The standard InChI is InChI=1S/C14H17BrN2O2S/c1-3-19-13(18)11-8(2)16-14(20)17-12(11)9-4-6-10(15)7-5-9/h4-7,12,14,16-17,20H,3H2,1-2H3. The third-order valence-electron chi connectivity index (χ3n) is 3.07. The van der Waals surface area contributed by atoms with Gasteiger partial charge in [-0.3, -0.25) is 5.32 Å². The number of carbonyl (C=O) groups is 1. The number of nitrogens with one attached hydrogen (secondary N) is 2. The van der Waals surface area contributed by atoms with Crippen molar-refractivity contribution in [3.05, 3.63) is 45.6 Å². The van der Waals surface area contributed by atoms with E-state index in [1.165, 1.54) is 0 Å². The van der Waals surface area contributed by atoms with Crippen LogP contribution in [0.25, 0.3) is 0 Å². The van der Waals surface area contributed by atoms with E-state index in [0.29, 0.717) is 12.2 Å². The molecular weight excluding hydrogens is 340 g/mol. The highest BCUT2D eigenvalue weighted by atomic mass is 79.9. The summed E-state index contributed by atoms with van der Waals surface area (Å²) in [5.41, 5.74) is 2.17. The zero-order chi connectivity index (χ0) is 14.7. The number of ether oxygens (including phenoxy) is 1. The number of esters is 1. The van der Waals surface area contributed by atoms with Crippen LogP contribution in [-0.4, -0.2) is 18.1 Å². The third-order valence-corrected chi connectivity index (χ3v) is 3.88. The molecule has 1 aromatic carbocycles. The largest absolute Gasteiger partial charge is 0.463 e. The smallest absolute Gasteiger partial charge is 0.337 e. The van der Waals surface area contributed by atoms with Crippen LogP contribution in [0.4, 0.5) is 0 Å². The lowest BCUT2D eigenvalue weighted by molar-refractivity contribution is -0.139. The van der Waals surface area contributed by atoms with Crippen molar-refractivity contribution < 1.29 is 9.53 Å². The number of carbonyl (C=O) groups excluding carboxylic acids is 1. The van der Waals surface area contributed by atoms with Crippen LogP contribution < -0.4 is 10.6 Å². The third kappa shape index (κ3) is 3.37. The average Bonchev–Trinajstić information content (AvgIpc) is 2.38. The van der Waals surface area contributed by atoms with Gasteiger partial charge in [0.05, 0.1) is 18.2 Å². The number of rotatable bonds is 3. The Morgan fingerprint density at radius 2 is 2.05 bits per heavy atom. The van der Waals surface area contributed by atoms with E-state index in [4.69, 9.17) is 4.74 Å². The van der Waals surface area contributed by atoms with Crippen molar-refractivity contribution in [2.75, 3.05) is 6.61 Å². The molecule has 20 heavy (non-hydrogen) atoms. The van der Waals surface area contributed by atoms with Gasteiger partial charge in [0, 0.05) is 10.2 Å². The molecule has 0 aromatic heterocycles. The number of halogens is 1. The van der Waals surface area contributed by atoms with Crippen LogP contribution in [0, 0.1) is 0 Å². The highest BCUT2D eigenvalue weighted by molar-refractivity contribution is 9.10. The number of thiol groups is 1. The fourth-order valence-corrected chi connectivity index (χ4v) is 2.79. The second kappa shape index (κ2) is 6.65. The van der Waals surface area contributed by atoms with Gasteiger partial charge in [-0.2, -0.15) is 0 Å². The number of benzene rings is 1. The fraction of sp³-hybridized carbons (Fsp3) is 0.357. The minimum absolute atomic E-state index is 0.207. The lowest BCUT2D eigenvalue weighted by Crippen LogP contribution is -2.46. The molecule has 0 spiro atoms. The van der Waals surface area contributed by atoms with Crippen molar-refractivity contribution in [2.45, 2.75) is 25.4 Å². The molecule has 0 saturated heterocycles. The Morgan fingerprint density at radius 1 is 1.40 bits per heavy atom. The van der Waals surface area contributed by atoms with Gasteiger partial charge in [0.2, 0.25) is 0 Å². The van der Waals surface area contributed by atoms with Gasteiger partial charge < -0.3 is 10.1 Å². The number of allylic oxidation sites excluding steroid dienone is 1. The topological polar surface area (TPSA) is 50.4 Å². The van der Waals surface area contributed by atoms with Crippen LogP contribution in [0.5, 0.6) is 0 Å². The number of hydrogen-bond acceptors (Lipinski definition) is 5. The molecule has 0 fully saturated rings. The minimum Gasteiger partial charge on any atom is -0.463 e.